The quantitative estimate of drug-likeness (QED) is 0.336. The van der Waals surface area contributed by atoms with Gasteiger partial charge in [-0.1, -0.05) is 5.16 Å². The molecule has 2 rings (SSSR count). The summed E-state index contributed by atoms with van der Waals surface area (Å²) in [5, 5.41) is 11.4. The Kier molecular flexibility index (Phi) is 3.71. The normalized spacial score (nSPS) is 15.4. The van der Waals surface area contributed by atoms with Crippen LogP contribution in [0.15, 0.2) is 23.9 Å². The number of oxime groups is 1. The van der Waals surface area contributed by atoms with E-state index in [1.807, 2.05) is 0 Å². The molecular weight excluding hydrogens is 234 g/mol. The molecule has 0 aromatic carbocycles. The highest BCUT2D eigenvalue weighted by atomic mass is 16.4. The molecule has 0 bridgehead atoms. The van der Waals surface area contributed by atoms with Crippen molar-refractivity contribution in [3.8, 4) is 0 Å². The molecule has 1 aromatic heterocycles. The van der Waals surface area contributed by atoms with Gasteiger partial charge in [0, 0.05) is 31.4 Å². The molecule has 7 nitrogen and oxygen atoms in total. The number of amidine groups is 1. The number of aromatic nitrogens is 2. The fraction of sp³-hybridized carbons (Fsp3) is 0.455. The van der Waals surface area contributed by atoms with Gasteiger partial charge in [-0.2, -0.15) is 0 Å². The molecule has 0 radical (unpaired) electrons. The average Bonchev–Trinajstić information content (AvgIpc) is 3.24. The maximum absolute atomic E-state index is 12.2. The summed E-state index contributed by atoms with van der Waals surface area (Å²) in [6.07, 6.45) is 6.72. The van der Waals surface area contributed by atoms with Crippen LogP contribution in [0.4, 0.5) is 0 Å². The fourth-order valence-corrected chi connectivity index (χ4v) is 1.70. The molecule has 1 saturated carbocycles. The lowest BCUT2D eigenvalue weighted by Gasteiger charge is -2.21. The number of rotatable bonds is 5. The van der Waals surface area contributed by atoms with Crippen molar-refractivity contribution in [1.29, 1.82) is 0 Å². The minimum atomic E-state index is -0.108. The molecule has 3 N–H and O–H groups in total. The van der Waals surface area contributed by atoms with Crippen LogP contribution in [0.3, 0.4) is 0 Å². The van der Waals surface area contributed by atoms with Gasteiger partial charge in [0.05, 0.1) is 5.56 Å². The predicted octanol–water partition coefficient (Wildman–Crippen LogP) is 0.218. The molecular formula is C11H15N5O2. The zero-order valence-electron chi connectivity index (χ0n) is 9.86. The lowest BCUT2D eigenvalue weighted by atomic mass is 10.2. The average molecular weight is 249 g/mol. The van der Waals surface area contributed by atoms with Crippen LogP contribution < -0.4 is 5.73 Å². The third-order valence-corrected chi connectivity index (χ3v) is 2.79. The van der Waals surface area contributed by atoms with Crippen LogP contribution in [0.5, 0.6) is 0 Å². The Hall–Kier alpha value is -2.18. The molecule has 1 amide bonds. The number of carbonyl (C=O) groups excluding carboxylic acids is 1. The Bertz CT molecular complexity index is 444. The monoisotopic (exact) mass is 249 g/mol. The first-order valence-electron chi connectivity index (χ1n) is 5.74. The Morgan fingerprint density at radius 1 is 1.50 bits per heavy atom. The lowest BCUT2D eigenvalue weighted by molar-refractivity contribution is 0.0746. The van der Waals surface area contributed by atoms with Gasteiger partial charge in [-0.15, -0.1) is 0 Å². The molecule has 1 aromatic rings. The number of hydrogen-bond acceptors (Lipinski definition) is 5. The summed E-state index contributed by atoms with van der Waals surface area (Å²) in [6.45, 7) is 0.439. The highest BCUT2D eigenvalue weighted by Gasteiger charge is 2.33. The van der Waals surface area contributed by atoms with Gasteiger partial charge >= 0.3 is 0 Å². The van der Waals surface area contributed by atoms with Crippen molar-refractivity contribution in [3.63, 3.8) is 0 Å². The van der Waals surface area contributed by atoms with Gasteiger partial charge in [-0.25, -0.2) is 9.97 Å². The van der Waals surface area contributed by atoms with Crippen molar-refractivity contribution in [1.82, 2.24) is 14.9 Å². The standard InChI is InChI=1S/C11H15N5O2/c12-10(15-18)3-4-16(9-1-2-9)11(17)8-5-13-7-14-6-8/h5-7,9,18H,1-4H2,(H2,12,15). The molecule has 96 valence electrons. The fourth-order valence-electron chi connectivity index (χ4n) is 1.70. The smallest absolute Gasteiger partial charge is 0.257 e. The van der Waals surface area contributed by atoms with E-state index in [-0.39, 0.29) is 17.8 Å². The molecule has 7 heteroatoms. The Labute approximate surface area is 104 Å². The summed E-state index contributed by atoms with van der Waals surface area (Å²) in [7, 11) is 0. The Morgan fingerprint density at radius 2 is 2.17 bits per heavy atom. The van der Waals surface area contributed by atoms with E-state index in [0.717, 1.165) is 12.8 Å². The van der Waals surface area contributed by atoms with Crippen molar-refractivity contribution in [3.05, 3.63) is 24.3 Å². The number of nitrogens with two attached hydrogens (primary N) is 1. The maximum Gasteiger partial charge on any atom is 0.257 e. The molecule has 1 aliphatic carbocycles. The summed E-state index contributed by atoms with van der Waals surface area (Å²) in [5.74, 6) is 0.0154. The molecule has 0 aliphatic heterocycles. The molecule has 0 atom stereocenters. The van der Waals surface area contributed by atoms with Gasteiger partial charge < -0.3 is 15.8 Å². The summed E-state index contributed by atoms with van der Waals surface area (Å²) < 4.78 is 0. The highest BCUT2D eigenvalue weighted by Crippen LogP contribution is 2.28. The second kappa shape index (κ2) is 5.44. The van der Waals surface area contributed by atoms with Crippen LogP contribution >= 0.6 is 0 Å². The zero-order valence-corrected chi connectivity index (χ0v) is 9.86. The summed E-state index contributed by atoms with van der Waals surface area (Å²) in [5.41, 5.74) is 5.88. The molecule has 1 fully saturated rings. The first-order valence-corrected chi connectivity index (χ1v) is 5.74. The summed E-state index contributed by atoms with van der Waals surface area (Å²) >= 11 is 0. The van der Waals surface area contributed by atoms with E-state index in [1.54, 1.807) is 4.90 Å². The number of carbonyl (C=O) groups is 1. The Balaban J connectivity index is 2.04. The zero-order chi connectivity index (χ0) is 13.0. The minimum absolute atomic E-state index is 0.108. The largest absolute Gasteiger partial charge is 0.409 e. The second-order valence-corrected chi connectivity index (χ2v) is 4.20. The van der Waals surface area contributed by atoms with Gasteiger partial charge in [0.1, 0.15) is 12.2 Å². The van der Waals surface area contributed by atoms with E-state index in [4.69, 9.17) is 10.9 Å². The van der Waals surface area contributed by atoms with Crippen LogP contribution in [0.25, 0.3) is 0 Å². The van der Waals surface area contributed by atoms with E-state index in [9.17, 15) is 4.79 Å². The minimum Gasteiger partial charge on any atom is -0.409 e. The van der Waals surface area contributed by atoms with Crippen molar-refractivity contribution >= 4 is 11.7 Å². The van der Waals surface area contributed by atoms with Gasteiger partial charge in [-0.3, -0.25) is 4.79 Å². The van der Waals surface area contributed by atoms with Crippen molar-refractivity contribution in [2.24, 2.45) is 10.9 Å². The summed E-state index contributed by atoms with van der Waals surface area (Å²) in [6, 6.07) is 0.254. The first kappa shape index (κ1) is 12.3. The van der Waals surface area contributed by atoms with Gasteiger partial charge in [0.25, 0.3) is 5.91 Å². The van der Waals surface area contributed by atoms with Crippen molar-refractivity contribution in [2.45, 2.75) is 25.3 Å². The van der Waals surface area contributed by atoms with Crippen LogP contribution in [0, 0.1) is 0 Å². The van der Waals surface area contributed by atoms with E-state index >= 15 is 0 Å². The SMILES string of the molecule is NC(CCN(C(=O)c1cncnc1)C1CC1)=NO. The van der Waals surface area contributed by atoms with E-state index in [1.165, 1.54) is 18.7 Å². The third kappa shape index (κ3) is 2.93. The summed E-state index contributed by atoms with van der Waals surface area (Å²) in [4.78, 5) is 21.6. The lowest BCUT2D eigenvalue weighted by Crippen LogP contribution is -2.36. The van der Waals surface area contributed by atoms with Crippen LogP contribution in [0.1, 0.15) is 29.6 Å². The molecule has 0 unspecified atom stereocenters. The van der Waals surface area contributed by atoms with E-state index < -0.39 is 0 Å². The Morgan fingerprint density at radius 3 is 2.72 bits per heavy atom. The molecule has 1 heterocycles. The predicted molar refractivity (Wildman–Crippen MR) is 64.1 cm³/mol. The van der Waals surface area contributed by atoms with Gasteiger partial charge in [0.15, 0.2) is 0 Å². The maximum atomic E-state index is 12.2. The molecule has 18 heavy (non-hydrogen) atoms. The van der Waals surface area contributed by atoms with Crippen molar-refractivity contribution < 1.29 is 10.0 Å². The van der Waals surface area contributed by atoms with E-state index in [2.05, 4.69) is 15.1 Å². The van der Waals surface area contributed by atoms with Crippen LogP contribution in [-0.4, -0.2) is 44.4 Å². The molecule has 0 spiro atoms. The van der Waals surface area contributed by atoms with Crippen LogP contribution in [0.2, 0.25) is 0 Å². The number of amides is 1. The number of nitrogens with zero attached hydrogens (tertiary/aromatic N) is 4. The second-order valence-electron chi connectivity index (χ2n) is 4.20. The topological polar surface area (TPSA) is 105 Å². The number of hydrogen-bond donors (Lipinski definition) is 2. The van der Waals surface area contributed by atoms with E-state index in [0.29, 0.717) is 18.5 Å². The highest BCUT2D eigenvalue weighted by molar-refractivity contribution is 5.94. The van der Waals surface area contributed by atoms with Crippen LogP contribution in [-0.2, 0) is 0 Å². The molecule has 0 saturated heterocycles. The third-order valence-electron chi connectivity index (χ3n) is 2.79. The van der Waals surface area contributed by atoms with Gasteiger partial charge in [-0.05, 0) is 12.8 Å². The first-order chi connectivity index (χ1) is 8.72. The van der Waals surface area contributed by atoms with Gasteiger partial charge in [0.2, 0.25) is 0 Å². The van der Waals surface area contributed by atoms with Crippen molar-refractivity contribution in [2.75, 3.05) is 6.54 Å². The molecule has 1 aliphatic rings.